The lowest BCUT2D eigenvalue weighted by molar-refractivity contribution is -0.130. The first-order valence-corrected chi connectivity index (χ1v) is 6.70. The van der Waals surface area contributed by atoms with E-state index in [-0.39, 0.29) is 17.6 Å². The van der Waals surface area contributed by atoms with Gasteiger partial charge in [-0.1, -0.05) is 0 Å². The number of aromatic amines is 1. The first-order chi connectivity index (χ1) is 10.2. The Balaban J connectivity index is 1.64. The second kappa shape index (κ2) is 7.28. The molecule has 0 bridgehead atoms. The molecule has 2 amide bonds. The third kappa shape index (κ3) is 4.48. The average molecular weight is 290 g/mol. The highest BCUT2D eigenvalue weighted by Crippen LogP contribution is 2.03. The number of hydrogen-bond acceptors (Lipinski definition) is 4. The van der Waals surface area contributed by atoms with Crippen molar-refractivity contribution in [1.29, 1.82) is 0 Å². The fraction of sp³-hybridized carbons (Fsp3) is 0.357. The molecule has 112 valence electrons. The number of H-pyrrole nitrogens is 1. The fourth-order valence-corrected chi connectivity index (χ4v) is 1.85. The third-order valence-corrected chi connectivity index (χ3v) is 3.00. The smallest absolute Gasteiger partial charge is 0.286 e. The molecule has 7 nitrogen and oxygen atoms in total. The molecule has 0 saturated heterocycles. The molecular formula is C14H18N4O3. The third-order valence-electron chi connectivity index (χ3n) is 3.00. The van der Waals surface area contributed by atoms with Crippen molar-refractivity contribution in [3.05, 3.63) is 42.1 Å². The summed E-state index contributed by atoms with van der Waals surface area (Å²) in [4.78, 5) is 25.1. The van der Waals surface area contributed by atoms with Gasteiger partial charge in [0, 0.05) is 38.3 Å². The van der Waals surface area contributed by atoms with Crippen molar-refractivity contribution in [1.82, 2.24) is 20.4 Å². The Morgan fingerprint density at radius 2 is 2.33 bits per heavy atom. The minimum Gasteiger partial charge on any atom is -0.459 e. The van der Waals surface area contributed by atoms with Gasteiger partial charge in [-0.3, -0.25) is 14.7 Å². The van der Waals surface area contributed by atoms with E-state index in [0.29, 0.717) is 25.9 Å². The van der Waals surface area contributed by atoms with Crippen LogP contribution in [0.5, 0.6) is 0 Å². The molecule has 0 unspecified atom stereocenters. The van der Waals surface area contributed by atoms with Crippen LogP contribution in [0.3, 0.4) is 0 Å². The largest absolute Gasteiger partial charge is 0.459 e. The van der Waals surface area contributed by atoms with Crippen LogP contribution in [0.2, 0.25) is 0 Å². The van der Waals surface area contributed by atoms with Gasteiger partial charge in [0.25, 0.3) is 5.91 Å². The molecule has 0 aliphatic carbocycles. The van der Waals surface area contributed by atoms with Crippen LogP contribution < -0.4 is 5.32 Å². The van der Waals surface area contributed by atoms with Crippen LogP contribution in [-0.4, -0.2) is 40.5 Å². The van der Waals surface area contributed by atoms with Crippen molar-refractivity contribution in [3.63, 3.8) is 0 Å². The number of nitrogens with one attached hydrogen (secondary N) is 2. The molecule has 0 fully saturated rings. The summed E-state index contributed by atoms with van der Waals surface area (Å²) in [7, 11) is 1.75. The zero-order valence-electron chi connectivity index (χ0n) is 11.8. The number of amides is 2. The monoisotopic (exact) mass is 290 g/mol. The van der Waals surface area contributed by atoms with Crippen LogP contribution in [0.4, 0.5) is 0 Å². The van der Waals surface area contributed by atoms with E-state index in [4.69, 9.17) is 4.42 Å². The Kier molecular flexibility index (Phi) is 5.14. The first kappa shape index (κ1) is 14.8. The van der Waals surface area contributed by atoms with Gasteiger partial charge in [0.15, 0.2) is 5.76 Å². The molecule has 21 heavy (non-hydrogen) atoms. The summed E-state index contributed by atoms with van der Waals surface area (Å²) in [6.45, 7) is 0.957. The maximum absolute atomic E-state index is 11.9. The SMILES string of the molecule is CN(Cc1cn[nH]c1)C(=O)CCCNC(=O)c1ccco1. The number of rotatable bonds is 7. The van der Waals surface area contributed by atoms with E-state index in [2.05, 4.69) is 15.5 Å². The van der Waals surface area contributed by atoms with Gasteiger partial charge in [0.2, 0.25) is 5.91 Å². The zero-order chi connectivity index (χ0) is 15.1. The summed E-state index contributed by atoms with van der Waals surface area (Å²) in [5.41, 5.74) is 0.956. The van der Waals surface area contributed by atoms with Gasteiger partial charge >= 0.3 is 0 Å². The molecule has 2 aromatic heterocycles. The van der Waals surface area contributed by atoms with Gasteiger partial charge in [-0.2, -0.15) is 5.10 Å². The Bertz CT molecular complexity index is 563. The van der Waals surface area contributed by atoms with Gasteiger partial charge in [0.1, 0.15) is 0 Å². The standard InChI is InChI=1S/C14H18N4O3/c1-18(10-11-8-16-17-9-11)13(19)5-2-6-15-14(20)12-4-3-7-21-12/h3-4,7-9H,2,5-6,10H2,1H3,(H,15,20)(H,16,17). The van der Waals surface area contributed by atoms with Crippen LogP contribution in [0, 0.1) is 0 Å². The lowest BCUT2D eigenvalue weighted by atomic mass is 10.2. The second-order valence-electron chi connectivity index (χ2n) is 4.69. The van der Waals surface area contributed by atoms with Crippen molar-refractivity contribution in [2.24, 2.45) is 0 Å². The molecule has 0 saturated carbocycles. The molecule has 7 heteroatoms. The number of hydrogen-bond donors (Lipinski definition) is 2. The van der Waals surface area contributed by atoms with Gasteiger partial charge in [-0.15, -0.1) is 0 Å². The first-order valence-electron chi connectivity index (χ1n) is 6.70. The number of nitrogens with zero attached hydrogens (tertiary/aromatic N) is 2. The van der Waals surface area contributed by atoms with E-state index in [1.54, 1.807) is 36.5 Å². The van der Waals surface area contributed by atoms with Gasteiger partial charge < -0.3 is 14.6 Å². The van der Waals surface area contributed by atoms with Crippen LogP contribution in [-0.2, 0) is 11.3 Å². The summed E-state index contributed by atoms with van der Waals surface area (Å²) in [6, 6.07) is 3.25. The van der Waals surface area contributed by atoms with E-state index >= 15 is 0 Å². The summed E-state index contributed by atoms with van der Waals surface area (Å²) < 4.78 is 4.97. The molecule has 2 heterocycles. The van der Waals surface area contributed by atoms with Gasteiger partial charge in [-0.25, -0.2) is 0 Å². The summed E-state index contributed by atoms with van der Waals surface area (Å²) in [6.07, 6.45) is 5.86. The van der Waals surface area contributed by atoms with Crippen LogP contribution in [0.1, 0.15) is 29.0 Å². The fourth-order valence-electron chi connectivity index (χ4n) is 1.85. The molecule has 0 radical (unpaired) electrons. The Hall–Kier alpha value is -2.57. The molecule has 2 N–H and O–H groups in total. The van der Waals surface area contributed by atoms with E-state index in [0.717, 1.165) is 5.56 Å². The highest BCUT2D eigenvalue weighted by atomic mass is 16.3. The highest BCUT2D eigenvalue weighted by Gasteiger charge is 2.11. The molecule has 0 spiro atoms. The van der Waals surface area contributed by atoms with Crippen molar-refractivity contribution in [3.8, 4) is 0 Å². The lowest BCUT2D eigenvalue weighted by Gasteiger charge is -2.16. The predicted octanol–water partition coefficient (Wildman–Crippen LogP) is 1.17. The summed E-state index contributed by atoms with van der Waals surface area (Å²) in [5.74, 6) is 0.0426. The van der Waals surface area contributed by atoms with E-state index in [1.807, 2.05) is 0 Å². The predicted molar refractivity (Wildman–Crippen MR) is 75.3 cm³/mol. The number of carbonyl (C=O) groups is 2. The van der Waals surface area contributed by atoms with Crippen molar-refractivity contribution in [2.45, 2.75) is 19.4 Å². The summed E-state index contributed by atoms with van der Waals surface area (Å²) >= 11 is 0. The van der Waals surface area contributed by atoms with E-state index in [1.165, 1.54) is 6.26 Å². The normalized spacial score (nSPS) is 10.3. The van der Waals surface area contributed by atoms with E-state index < -0.39 is 0 Å². The zero-order valence-corrected chi connectivity index (χ0v) is 11.8. The van der Waals surface area contributed by atoms with Crippen molar-refractivity contribution >= 4 is 11.8 Å². The molecule has 0 atom stereocenters. The summed E-state index contributed by atoms with van der Waals surface area (Å²) in [5, 5.41) is 9.25. The minimum atomic E-state index is -0.265. The topological polar surface area (TPSA) is 91.2 Å². The average Bonchev–Trinajstić information content (AvgIpc) is 3.15. The Morgan fingerprint density at radius 1 is 1.48 bits per heavy atom. The molecular weight excluding hydrogens is 272 g/mol. The number of aromatic nitrogens is 2. The number of furan rings is 1. The molecule has 0 aliphatic rings. The quantitative estimate of drug-likeness (QED) is 0.749. The van der Waals surface area contributed by atoms with Gasteiger partial charge in [0.05, 0.1) is 12.5 Å². The van der Waals surface area contributed by atoms with Gasteiger partial charge in [-0.05, 0) is 18.6 Å². The molecule has 0 aliphatic heterocycles. The molecule has 2 aromatic rings. The molecule has 0 aromatic carbocycles. The minimum absolute atomic E-state index is 0.0310. The van der Waals surface area contributed by atoms with Crippen LogP contribution >= 0.6 is 0 Å². The Labute approximate surface area is 122 Å². The number of carbonyl (C=O) groups excluding carboxylic acids is 2. The van der Waals surface area contributed by atoms with Crippen LogP contribution in [0.25, 0.3) is 0 Å². The van der Waals surface area contributed by atoms with Crippen LogP contribution in [0.15, 0.2) is 35.2 Å². The van der Waals surface area contributed by atoms with Crippen molar-refractivity contribution in [2.75, 3.05) is 13.6 Å². The van der Waals surface area contributed by atoms with E-state index in [9.17, 15) is 9.59 Å². The highest BCUT2D eigenvalue weighted by molar-refractivity contribution is 5.91. The second-order valence-corrected chi connectivity index (χ2v) is 4.69. The maximum atomic E-state index is 11.9. The van der Waals surface area contributed by atoms with Crippen molar-refractivity contribution < 1.29 is 14.0 Å². The molecule has 2 rings (SSSR count). The lowest BCUT2D eigenvalue weighted by Crippen LogP contribution is -2.28. The Morgan fingerprint density at radius 3 is 3.00 bits per heavy atom. The maximum Gasteiger partial charge on any atom is 0.286 e.